The summed E-state index contributed by atoms with van der Waals surface area (Å²) < 4.78 is 13.5. The number of carbonyl (C=O) groups excluding carboxylic acids is 1. The summed E-state index contributed by atoms with van der Waals surface area (Å²) in [7, 11) is 1.66. The van der Waals surface area contributed by atoms with Gasteiger partial charge in [-0.05, 0) is 24.5 Å². The van der Waals surface area contributed by atoms with Gasteiger partial charge in [0.1, 0.15) is 5.82 Å². The predicted octanol–water partition coefficient (Wildman–Crippen LogP) is 2.07. The summed E-state index contributed by atoms with van der Waals surface area (Å²) in [5.41, 5.74) is 0.671. The fraction of sp³-hybridized carbons (Fsp3) is 0.500. The van der Waals surface area contributed by atoms with Crippen LogP contribution in [0.1, 0.15) is 25.3 Å². The third-order valence-corrected chi connectivity index (χ3v) is 3.08. The summed E-state index contributed by atoms with van der Waals surface area (Å²) in [6.45, 7) is 3.80. The van der Waals surface area contributed by atoms with Crippen LogP contribution in [0, 0.1) is 5.82 Å². The lowest BCUT2D eigenvalue weighted by molar-refractivity contribution is -0.120. The van der Waals surface area contributed by atoms with Crippen LogP contribution in [0.4, 0.5) is 4.39 Å². The molecule has 0 heterocycles. The van der Waals surface area contributed by atoms with Crippen LogP contribution in [0.5, 0.6) is 0 Å². The van der Waals surface area contributed by atoms with E-state index in [-0.39, 0.29) is 35.7 Å². The van der Waals surface area contributed by atoms with Crippen LogP contribution >= 0.6 is 24.0 Å². The van der Waals surface area contributed by atoms with E-state index >= 15 is 0 Å². The molecule has 130 valence electrons. The number of nitrogens with zero attached hydrogens (tertiary/aromatic N) is 1. The van der Waals surface area contributed by atoms with E-state index in [1.807, 2.05) is 13.0 Å². The predicted molar refractivity (Wildman–Crippen MR) is 103 cm³/mol. The molecule has 0 radical (unpaired) electrons. The Morgan fingerprint density at radius 1 is 1.13 bits per heavy atom. The first-order valence-corrected chi connectivity index (χ1v) is 7.62. The Morgan fingerprint density at radius 2 is 1.83 bits per heavy atom. The highest BCUT2D eigenvalue weighted by atomic mass is 127. The van der Waals surface area contributed by atoms with Gasteiger partial charge in [-0.2, -0.15) is 0 Å². The van der Waals surface area contributed by atoms with Crippen LogP contribution in [0.25, 0.3) is 0 Å². The van der Waals surface area contributed by atoms with E-state index in [9.17, 15) is 9.18 Å². The number of halogens is 2. The SMILES string of the molecule is CCCNC(=O)CCNC(=NC)NCCc1ccccc1F.I. The van der Waals surface area contributed by atoms with Crippen molar-refractivity contribution < 1.29 is 9.18 Å². The standard InChI is InChI=1S/C16H25FN4O.HI/c1-3-10-19-15(22)9-12-21-16(18-2)20-11-8-13-6-4-5-7-14(13)17;/h4-7H,3,8-12H2,1-2H3,(H,19,22)(H2,18,20,21);1H. The molecule has 0 atom stereocenters. The highest BCUT2D eigenvalue weighted by Crippen LogP contribution is 2.05. The van der Waals surface area contributed by atoms with E-state index in [4.69, 9.17) is 0 Å². The molecule has 0 unspecified atom stereocenters. The van der Waals surface area contributed by atoms with Crippen molar-refractivity contribution in [1.29, 1.82) is 0 Å². The monoisotopic (exact) mass is 436 g/mol. The van der Waals surface area contributed by atoms with E-state index in [2.05, 4.69) is 20.9 Å². The normalized spacial score (nSPS) is 10.7. The van der Waals surface area contributed by atoms with Crippen molar-refractivity contribution in [2.75, 3.05) is 26.7 Å². The lowest BCUT2D eigenvalue weighted by Gasteiger charge is -2.12. The van der Waals surface area contributed by atoms with Crippen molar-refractivity contribution in [2.45, 2.75) is 26.2 Å². The smallest absolute Gasteiger partial charge is 0.221 e. The van der Waals surface area contributed by atoms with Crippen molar-refractivity contribution in [3.8, 4) is 0 Å². The molecule has 7 heteroatoms. The molecule has 0 aliphatic rings. The zero-order valence-electron chi connectivity index (χ0n) is 13.7. The molecule has 0 spiro atoms. The van der Waals surface area contributed by atoms with Crippen molar-refractivity contribution in [3.05, 3.63) is 35.6 Å². The first-order chi connectivity index (χ1) is 10.7. The lowest BCUT2D eigenvalue weighted by Crippen LogP contribution is -2.40. The number of guanidine groups is 1. The topological polar surface area (TPSA) is 65.5 Å². The average Bonchev–Trinajstić information content (AvgIpc) is 2.53. The lowest BCUT2D eigenvalue weighted by atomic mass is 10.1. The Morgan fingerprint density at radius 3 is 2.48 bits per heavy atom. The minimum Gasteiger partial charge on any atom is -0.356 e. The van der Waals surface area contributed by atoms with Gasteiger partial charge in [0, 0.05) is 33.1 Å². The minimum absolute atomic E-state index is 0. The Kier molecular flexibility index (Phi) is 12.3. The van der Waals surface area contributed by atoms with Crippen molar-refractivity contribution in [2.24, 2.45) is 4.99 Å². The van der Waals surface area contributed by atoms with Gasteiger partial charge in [0.2, 0.25) is 5.91 Å². The Labute approximate surface area is 154 Å². The summed E-state index contributed by atoms with van der Waals surface area (Å²) in [6, 6.07) is 6.72. The molecule has 0 aliphatic heterocycles. The summed E-state index contributed by atoms with van der Waals surface area (Å²) in [5, 5.41) is 8.98. The van der Waals surface area contributed by atoms with E-state index in [0.717, 1.165) is 6.42 Å². The van der Waals surface area contributed by atoms with Gasteiger partial charge in [-0.15, -0.1) is 24.0 Å². The number of amides is 1. The number of carbonyl (C=O) groups is 1. The third kappa shape index (κ3) is 9.37. The van der Waals surface area contributed by atoms with Gasteiger partial charge in [-0.3, -0.25) is 9.79 Å². The Bertz CT molecular complexity index is 497. The number of hydrogen-bond acceptors (Lipinski definition) is 2. The van der Waals surface area contributed by atoms with Gasteiger partial charge in [0.25, 0.3) is 0 Å². The summed E-state index contributed by atoms with van der Waals surface area (Å²) in [5.74, 6) is 0.440. The van der Waals surface area contributed by atoms with E-state index < -0.39 is 0 Å². The molecule has 0 bridgehead atoms. The maximum absolute atomic E-state index is 13.5. The quantitative estimate of drug-likeness (QED) is 0.332. The number of benzene rings is 1. The maximum atomic E-state index is 13.5. The zero-order valence-corrected chi connectivity index (χ0v) is 16.0. The molecule has 1 aromatic carbocycles. The van der Waals surface area contributed by atoms with Crippen LogP contribution < -0.4 is 16.0 Å². The first kappa shape index (κ1) is 21.6. The second-order valence-corrected chi connectivity index (χ2v) is 4.87. The van der Waals surface area contributed by atoms with Gasteiger partial charge in [0.05, 0.1) is 0 Å². The molecule has 0 saturated heterocycles. The van der Waals surface area contributed by atoms with Crippen LogP contribution in [-0.2, 0) is 11.2 Å². The van der Waals surface area contributed by atoms with Gasteiger partial charge < -0.3 is 16.0 Å². The summed E-state index contributed by atoms with van der Waals surface area (Å²) >= 11 is 0. The highest BCUT2D eigenvalue weighted by Gasteiger charge is 2.03. The van der Waals surface area contributed by atoms with E-state index in [1.54, 1.807) is 19.2 Å². The van der Waals surface area contributed by atoms with Crippen LogP contribution in [0.2, 0.25) is 0 Å². The van der Waals surface area contributed by atoms with Crippen LogP contribution in [-0.4, -0.2) is 38.5 Å². The molecule has 3 N–H and O–H groups in total. The molecule has 5 nitrogen and oxygen atoms in total. The largest absolute Gasteiger partial charge is 0.356 e. The molecule has 1 rings (SSSR count). The minimum atomic E-state index is -0.195. The van der Waals surface area contributed by atoms with Crippen molar-refractivity contribution in [1.82, 2.24) is 16.0 Å². The van der Waals surface area contributed by atoms with Gasteiger partial charge in [-0.1, -0.05) is 25.1 Å². The molecular formula is C16H26FIN4O. The fourth-order valence-electron chi connectivity index (χ4n) is 1.88. The summed E-state index contributed by atoms with van der Waals surface area (Å²) in [4.78, 5) is 15.5. The molecule has 0 fully saturated rings. The number of hydrogen-bond donors (Lipinski definition) is 3. The van der Waals surface area contributed by atoms with Crippen LogP contribution in [0.15, 0.2) is 29.3 Å². The van der Waals surface area contributed by atoms with Gasteiger partial charge in [0.15, 0.2) is 5.96 Å². The Balaban J connectivity index is 0.00000484. The second-order valence-electron chi connectivity index (χ2n) is 4.87. The number of aliphatic imine (C=N–C) groups is 1. The van der Waals surface area contributed by atoms with Crippen molar-refractivity contribution >= 4 is 35.8 Å². The zero-order chi connectivity index (χ0) is 16.2. The van der Waals surface area contributed by atoms with E-state index in [0.29, 0.717) is 44.0 Å². The Hall–Kier alpha value is -1.38. The molecule has 1 amide bonds. The molecule has 0 saturated carbocycles. The summed E-state index contributed by atoms with van der Waals surface area (Å²) in [6.07, 6.45) is 1.90. The molecular weight excluding hydrogens is 410 g/mol. The van der Waals surface area contributed by atoms with E-state index in [1.165, 1.54) is 6.07 Å². The highest BCUT2D eigenvalue weighted by molar-refractivity contribution is 14.0. The van der Waals surface area contributed by atoms with Gasteiger partial charge >= 0.3 is 0 Å². The van der Waals surface area contributed by atoms with Gasteiger partial charge in [-0.25, -0.2) is 4.39 Å². The molecule has 23 heavy (non-hydrogen) atoms. The second kappa shape index (κ2) is 13.1. The van der Waals surface area contributed by atoms with Crippen molar-refractivity contribution in [3.63, 3.8) is 0 Å². The van der Waals surface area contributed by atoms with Crippen LogP contribution in [0.3, 0.4) is 0 Å². The fourth-order valence-corrected chi connectivity index (χ4v) is 1.88. The number of rotatable bonds is 8. The number of nitrogens with one attached hydrogen (secondary N) is 3. The molecule has 0 aliphatic carbocycles. The molecule has 1 aromatic rings. The first-order valence-electron chi connectivity index (χ1n) is 7.62. The third-order valence-electron chi connectivity index (χ3n) is 3.08. The average molecular weight is 436 g/mol. The maximum Gasteiger partial charge on any atom is 0.221 e. The molecule has 0 aromatic heterocycles.